The van der Waals surface area contributed by atoms with Gasteiger partial charge in [-0.3, -0.25) is 4.79 Å². The fraction of sp³-hybridized carbons (Fsp3) is 0.917. The summed E-state index contributed by atoms with van der Waals surface area (Å²) in [5, 5.41) is 0. The summed E-state index contributed by atoms with van der Waals surface area (Å²) in [5.41, 5.74) is 0. The van der Waals surface area contributed by atoms with E-state index in [4.69, 9.17) is 4.74 Å². The van der Waals surface area contributed by atoms with Gasteiger partial charge < -0.3 is 4.74 Å². The zero-order valence-corrected chi connectivity index (χ0v) is 10.7. The molecule has 0 bridgehead atoms. The van der Waals surface area contributed by atoms with Gasteiger partial charge in [0.25, 0.3) is 0 Å². The second-order valence-corrected chi connectivity index (χ2v) is 4.26. The highest BCUT2D eigenvalue weighted by molar-refractivity contribution is 7.80. The number of thiol groups is 1. The van der Waals surface area contributed by atoms with Crippen LogP contribution in [0, 0.1) is 0 Å². The maximum atomic E-state index is 11.2. The van der Waals surface area contributed by atoms with Crippen LogP contribution in [0.5, 0.6) is 0 Å². The molecule has 0 aliphatic rings. The predicted octanol–water partition coefficient (Wildman–Crippen LogP) is 3.60. The van der Waals surface area contributed by atoms with Crippen molar-refractivity contribution >= 4 is 18.6 Å². The van der Waals surface area contributed by atoms with E-state index in [1.165, 1.54) is 12.8 Å². The molecule has 0 aromatic rings. The van der Waals surface area contributed by atoms with Gasteiger partial charge in [-0.25, -0.2) is 0 Å². The molecule has 0 unspecified atom stereocenters. The summed E-state index contributed by atoms with van der Waals surface area (Å²) in [5.74, 6) is 0.891. The number of carbonyl (C=O) groups is 1. The number of carbonyl (C=O) groups excluding carboxylic acids is 1. The van der Waals surface area contributed by atoms with Crippen LogP contribution in [0.3, 0.4) is 0 Å². The zero-order valence-electron chi connectivity index (χ0n) is 9.83. The molecule has 0 amide bonds. The first-order chi connectivity index (χ1) is 7.31. The van der Waals surface area contributed by atoms with Gasteiger partial charge in [0.1, 0.15) is 0 Å². The first kappa shape index (κ1) is 14.8. The van der Waals surface area contributed by atoms with Crippen LogP contribution >= 0.6 is 12.6 Å². The normalized spacial score (nSPS) is 10.3. The Balaban J connectivity index is 3.11. The van der Waals surface area contributed by atoms with Crippen molar-refractivity contribution in [2.75, 3.05) is 12.4 Å². The van der Waals surface area contributed by atoms with Gasteiger partial charge in [0.2, 0.25) is 0 Å². The van der Waals surface area contributed by atoms with E-state index >= 15 is 0 Å². The van der Waals surface area contributed by atoms with Gasteiger partial charge in [0.15, 0.2) is 0 Å². The topological polar surface area (TPSA) is 26.3 Å². The number of hydrogen-bond donors (Lipinski definition) is 1. The molecule has 0 heterocycles. The lowest BCUT2D eigenvalue weighted by molar-refractivity contribution is -0.143. The third-order valence-electron chi connectivity index (χ3n) is 2.30. The fourth-order valence-corrected chi connectivity index (χ4v) is 1.57. The fourth-order valence-electron chi connectivity index (χ4n) is 1.34. The van der Waals surface area contributed by atoms with Crippen LogP contribution in [0.4, 0.5) is 0 Å². The smallest absolute Gasteiger partial charge is 0.305 e. The maximum Gasteiger partial charge on any atom is 0.305 e. The second-order valence-electron chi connectivity index (χ2n) is 3.82. The summed E-state index contributed by atoms with van der Waals surface area (Å²) in [6.45, 7) is 2.75. The van der Waals surface area contributed by atoms with Gasteiger partial charge in [-0.1, -0.05) is 26.2 Å². The summed E-state index contributed by atoms with van der Waals surface area (Å²) in [4.78, 5) is 11.2. The minimum Gasteiger partial charge on any atom is -0.466 e. The molecule has 2 nitrogen and oxygen atoms in total. The molecule has 0 N–H and O–H groups in total. The van der Waals surface area contributed by atoms with Crippen LogP contribution in [0.15, 0.2) is 0 Å². The third kappa shape index (κ3) is 11.7. The summed E-state index contributed by atoms with van der Waals surface area (Å²) in [6.07, 6.45) is 8.32. The van der Waals surface area contributed by atoms with E-state index in [1.54, 1.807) is 0 Å². The Hall–Kier alpha value is -0.180. The van der Waals surface area contributed by atoms with Crippen molar-refractivity contribution in [3.63, 3.8) is 0 Å². The standard InChI is InChI=1S/C12H24O2S/c1-2-3-4-6-9-12(13)14-10-7-5-8-11-15/h15H,2-11H2,1H3. The first-order valence-corrected chi connectivity index (χ1v) is 6.71. The van der Waals surface area contributed by atoms with Gasteiger partial charge in [0.05, 0.1) is 6.61 Å². The van der Waals surface area contributed by atoms with Crippen molar-refractivity contribution in [2.24, 2.45) is 0 Å². The highest BCUT2D eigenvalue weighted by Crippen LogP contribution is 2.04. The molecule has 0 spiro atoms. The van der Waals surface area contributed by atoms with Crippen molar-refractivity contribution < 1.29 is 9.53 Å². The monoisotopic (exact) mass is 232 g/mol. The molecule has 0 atom stereocenters. The summed E-state index contributed by atoms with van der Waals surface area (Å²) in [6, 6.07) is 0. The molecule has 0 aromatic carbocycles. The molecular weight excluding hydrogens is 208 g/mol. The van der Waals surface area contributed by atoms with Gasteiger partial charge in [-0.15, -0.1) is 0 Å². The van der Waals surface area contributed by atoms with E-state index in [-0.39, 0.29) is 5.97 Å². The third-order valence-corrected chi connectivity index (χ3v) is 2.62. The van der Waals surface area contributed by atoms with Gasteiger partial charge in [-0.05, 0) is 31.4 Å². The van der Waals surface area contributed by atoms with E-state index in [9.17, 15) is 4.79 Å². The quantitative estimate of drug-likeness (QED) is 0.354. The Bertz CT molecular complexity index is 149. The average Bonchev–Trinajstić information content (AvgIpc) is 2.24. The van der Waals surface area contributed by atoms with Crippen LogP contribution in [-0.2, 0) is 9.53 Å². The molecule has 0 rings (SSSR count). The molecule has 3 heteroatoms. The van der Waals surface area contributed by atoms with Gasteiger partial charge >= 0.3 is 5.97 Å². The molecule has 0 aromatic heterocycles. The van der Waals surface area contributed by atoms with Crippen LogP contribution in [0.25, 0.3) is 0 Å². The van der Waals surface area contributed by atoms with E-state index in [1.807, 2.05) is 0 Å². The Morgan fingerprint density at radius 2 is 1.80 bits per heavy atom. The summed E-state index contributed by atoms with van der Waals surface area (Å²) < 4.78 is 5.10. The highest BCUT2D eigenvalue weighted by Gasteiger charge is 2.01. The van der Waals surface area contributed by atoms with E-state index in [0.29, 0.717) is 13.0 Å². The molecule has 0 radical (unpaired) electrons. The molecule has 0 aliphatic heterocycles. The molecular formula is C12H24O2S. The minimum atomic E-state index is -0.0306. The lowest BCUT2D eigenvalue weighted by Crippen LogP contribution is -2.05. The Morgan fingerprint density at radius 3 is 2.47 bits per heavy atom. The number of rotatable bonds is 10. The summed E-state index contributed by atoms with van der Waals surface area (Å²) >= 11 is 4.12. The summed E-state index contributed by atoms with van der Waals surface area (Å²) in [7, 11) is 0. The number of ether oxygens (including phenoxy) is 1. The Kier molecular flexibility index (Phi) is 11.7. The number of esters is 1. The lowest BCUT2D eigenvalue weighted by atomic mass is 10.1. The molecule has 15 heavy (non-hydrogen) atoms. The lowest BCUT2D eigenvalue weighted by Gasteiger charge is -2.04. The van der Waals surface area contributed by atoms with E-state index in [0.717, 1.165) is 37.9 Å². The maximum absolute atomic E-state index is 11.2. The minimum absolute atomic E-state index is 0.0306. The first-order valence-electron chi connectivity index (χ1n) is 6.07. The van der Waals surface area contributed by atoms with Crippen molar-refractivity contribution in [1.82, 2.24) is 0 Å². The Labute approximate surface area is 99.2 Å². The molecule has 90 valence electrons. The van der Waals surface area contributed by atoms with Crippen LogP contribution in [0.2, 0.25) is 0 Å². The molecule has 0 saturated carbocycles. The number of hydrogen-bond acceptors (Lipinski definition) is 3. The molecule has 0 saturated heterocycles. The van der Waals surface area contributed by atoms with Crippen molar-refractivity contribution in [3.8, 4) is 0 Å². The number of unbranched alkanes of at least 4 members (excludes halogenated alkanes) is 5. The highest BCUT2D eigenvalue weighted by atomic mass is 32.1. The van der Waals surface area contributed by atoms with Crippen LogP contribution in [0.1, 0.15) is 58.3 Å². The largest absolute Gasteiger partial charge is 0.466 e. The zero-order chi connectivity index (χ0) is 11.4. The Morgan fingerprint density at radius 1 is 1.07 bits per heavy atom. The van der Waals surface area contributed by atoms with E-state index < -0.39 is 0 Å². The second kappa shape index (κ2) is 11.9. The average molecular weight is 232 g/mol. The molecule has 0 aliphatic carbocycles. The van der Waals surface area contributed by atoms with Crippen molar-refractivity contribution in [3.05, 3.63) is 0 Å². The van der Waals surface area contributed by atoms with Crippen molar-refractivity contribution in [1.29, 1.82) is 0 Å². The molecule has 0 fully saturated rings. The van der Waals surface area contributed by atoms with Crippen LogP contribution in [-0.4, -0.2) is 18.3 Å². The van der Waals surface area contributed by atoms with Gasteiger partial charge in [0, 0.05) is 6.42 Å². The van der Waals surface area contributed by atoms with Crippen LogP contribution < -0.4 is 0 Å². The van der Waals surface area contributed by atoms with E-state index in [2.05, 4.69) is 19.6 Å². The van der Waals surface area contributed by atoms with Crippen molar-refractivity contribution in [2.45, 2.75) is 58.3 Å². The predicted molar refractivity (Wildman–Crippen MR) is 67.4 cm³/mol. The van der Waals surface area contributed by atoms with Gasteiger partial charge in [-0.2, -0.15) is 12.6 Å². The SMILES string of the molecule is CCCCCCC(=O)OCCCCCS.